The first-order valence-corrected chi connectivity index (χ1v) is 7.71. The number of nitrogens with one attached hydrogen (secondary N) is 1. The molecule has 0 aliphatic heterocycles. The van der Waals surface area contributed by atoms with Gasteiger partial charge in [0.2, 0.25) is 5.13 Å². The van der Waals surface area contributed by atoms with Crippen LogP contribution in [0.1, 0.15) is 46.0 Å². The molecule has 1 heterocycles. The van der Waals surface area contributed by atoms with E-state index in [1.165, 1.54) is 32.1 Å². The van der Waals surface area contributed by atoms with Crippen LogP contribution in [0.4, 0.5) is 5.13 Å². The first-order valence-electron chi connectivity index (χ1n) is 6.49. The van der Waals surface area contributed by atoms with Crippen molar-refractivity contribution < 1.29 is 0 Å². The fourth-order valence-corrected chi connectivity index (χ4v) is 3.37. The fourth-order valence-electron chi connectivity index (χ4n) is 2.39. The maximum absolute atomic E-state index is 5.14. The van der Waals surface area contributed by atoms with Gasteiger partial charge in [-0.15, -0.1) is 5.10 Å². The zero-order valence-corrected chi connectivity index (χ0v) is 12.2. The maximum atomic E-state index is 5.14. The van der Waals surface area contributed by atoms with Gasteiger partial charge in [-0.2, -0.15) is 0 Å². The number of nitrogens with zero attached hydrogens (tertiary/aromatic N) is 2. The van der Waals surface area contributed by atoms with Gasteiger partial charge in [0.1, 0.15) is 0 Å². The van der Waals surface area contributed by atoms with Crippen LogP contribution in [-0.2, 0) is 0 Å². The predicted molar refractivity (Wildman–Crippen MR) is 76.4 cm³/mol. The molecule has 5 heteroatoms. The van der Waals surface area contributed by atoms with Gasteiger partial charge in [-0.25, -0.2) is 0 Å². The summed E-state index contributed by atoms with van der Waals surface area (Å²) in [6.45, 7) is 5.66. The average Bonchev–Trinajstić information content (AvgIpc) is 2.90. The van der Waals surface area contributed by atoms with E-state index in [0.29, 0.717) is 6.04 Å². The van der Waals surface area contributed by atoms with Crippen LogP contribution in [0.25, 0.3) is 0 Å². The molecule has 1 N–H and O–H groups in total. The number of anilines is 1. The van der Waals surface area contributed by atoms with Crippen LogP contribution in [0, 0.1) is 9.87 Å². The Balaban J connectivity index is 2.08. The second-order valence-corrected chi connectivity index (χ2v) is 6.85. The first kappa shape index (κ1) is 13.0. The van der Waals surface area contributed by atoms with Crippen LogP contribution in [0.2, 0.25) is 0 Å². The third kappa shape index (κ3) is 3.52. The lowest BCUT2D eigenvalue weighted by atomic mass is 10.1. The summed E-state index contributed by atoms with van der Waals surface area (Å²) in [6, 6.07) is 0.683. The number of hydrogen-bond donors (Lipinski definition) is 1. The normalized spacial score (nSPS) is 16.9. The highest BCUT2D eigenvalue weighted by atomic mass is 32.1. The van der Waals surface area contributed by atoms with Gasteiger partial charge in [0, 0.05) is 12.6 Å². The van der Waals surface area contributed by atoms with E-state index < -0.39 is 0 Å². The highest BCUT2D eigenvalue weighted by Gasteiger charge is 2.24. The molecule has 0 bridgehead atoms. The van der Waals surface area contributed by atoms with Crippen LogP contribution in [0.5, 0.6) is 0 Å². The average molecular weight is 271 g/mol. The second-order valence-electron chi connectivity index (χ2n) is 5.21. The largest absolute Gasteiger partial charge is 0.344 e. The molecule has 0 unspecified atom stereocenters. The highest BCUT2D eigenvalue weighted by Crippen LogP contribution is 2.29. The van der Waals surface area contributed by atoms with Crippen molar-refractivity contribution in [1.82, 2.24) is 10.2 Å². The van der Waals surface area contributed by atoms with Crippen molar-refractivity contribution in [3.8, 4) is 0 Å². The van der Waals surface area contributed by atoms with Crippen LogP contribution in [0.15, 0.2) is 0 Å². The highest BCUT2D eigenvalue weighted by molar-refractivity contribution is 7.73. The molecule has 0 spiro atoms. The van der Waals surface area contributed by atoms with E-state index in [0.717, 1.165) is 21.5 Å². The fraction of sp³-hybridized carbons (Fsp3) is 0.833. The molecule has 1 aromatic rings. The van der Waals surface area contributed by atoms with Crippen molar-refractivity contribution in [2.24, 2.45) is 5.92 Å². The van der Waals surface area contributed by atoms with E-state index in [1.807, 2.05) is 0 Å². The van der Waals surface area contributed by atoms with Gasteiger partial charge in [-0.05, 0) is 37.4 Å². The van der Waals surface area contributed by atoms with Gasteiger partial charge in [0.15, 0.2) is 3.95 Å². The molecule has 1 aliphatic rings. The maximum Gasteiger partial charge on any atom is 0.207 e. The second kappa shape index (κ2) is 5.96. The van der Waals surface area contributed by atoms with E-state index in [2.05, 4.69) is 28.9 Å². The molecule has 1 saturated carbocycles. The van der Waals surface area contributed by atoms with Crippen LogP contribution < -0.4 is 4.90 Å². The quantitative estimate of drug-likeness (QED) is 0.822. The molecule has 1 aromatic heterocycles. The minimum absolute atomic E-state index is 0.683. The molecular weight excluding hydrogens is 250 g/mol. The van der Waals surface area contributed by atoms with E-state index in [1.54, 1.807) is 11.3 Å². The Hall–Kier alpha value is -0.420. The van der Waals surface area contributed by atoms with Crippen molar-refractivity contribution in [2.75, 3.05) is 11.4 Å². The van der Waals surface area contributed by atoms with Gasteiger partial charge in [0.05, 0.1) is 0 Å². The van der Waals surface area contributed by atoms with E-state index in [9.17, 15) is 0 Å². The molecule has 1 aliphatic carbocycles. The standard InChI is InChI=1S/C12H21N3S2/c1-9(2)7-8-15(10-5-3-4-6-10)11-13-14-12(16)17-11/h9-10H,3-8H2,1-2H3,(H,14,16). The number of aromatic amines is 1. The summed E-state index contributed by atoms with van der Waals surface area (Å²) < 4.78 is 0.785. The lowest BCUT2D eigenvalue weighted by Gasteiger charge is -2.28. The molecule has 0 radical (unpaired) electrons. The molecule has 2 rings (SSSR count). The van der Waals surface area contributed by atoms with Gasteiger partial charge in [-0.3, -0.25) is 5.10 Å². The Kier molecular flexibility index (Phi) is 4.56. The molecule has 17 heavy (non-hydrogen) atoms. The Morgan fingerprint density at radius 2 is 2.18 bits per heavy atom. The van der Waals surface area contributed by atoms with Crippen molar-refractivity contribution >= 4 is 28.7 Å². The summed E-state index contributed by atoms with van der Waals surface area (Å²) >= 11 is 6.74. The molecule has 96 valence electrons. The third-order valence-corrected chi connectivity index (χ3v) is 4.51. The van der Waals surface area contributed by atoms with Crippen molar-refractivity contribution in [1.29, 1.82) is 0 Å². The van der Waals surface area contributed by atoms with E-state index in [4.69, 9.17) is 12.2 Å². The van der Waals surface area contributed by atoms with E-state index in [-0.39, 0.29) is 0 Å². The molecular formula is C12H21N3S2. The summed E-state index contributed by atoms with van der Waals surface area (Å²) in [4.78, 5) is 2.48. The van der Waals surface area contributed by atoms with Gasteiger partial charge in [0.25, 0.3) is 0 Å². The number of hydrogen-bond acceptors (Lipinski definition) is 4. The Morgan fingerprint density at radius 1 is 1.47 bits per heavy atom. The molecule has 0 saturated heterocycles. The van der Waals surface area contributed by atoms with Crippen molar-refractivity contribution in [3.05, 3.63) is 3.95 Å². The van der Waals surface area contributed by atoms with E-state index >= 15 is 0 Å². The Morgan fingerprint density at radius 3 is 2.71 bits per heavy atom. The summed E-state index contributed by atoms with van der Waals surface area (Å²) in [5.41, 5.74) is 0. The van der Waals surface area contributed by atoms with Crippen molar-refractivity contribution in [2.45, 2.75) is 52.0 Å². The minimum atomic E-state index is 0.683. The summed E-state index contributed by atoms with van der Waals surface area (Å²) in [5, 5.41) is 8.34. The molecule has 0 atom stereocenters. The zero-order valence-electron chi connectivity index (χ0n) is 10.6. The SMILES string of the molecule is CC(C)CCN(c1n[nH]c(=S)s1)C1CCCC1. The zero-order chi connectivity index (χ0) is 12.3. The lowest BCUT2D eigenvalue weighted by molar-refractivity contribution is 0.526. The Labute approximate surface area is 112 Å². The number of rotatable bonds is 5. The summed E-state index contributed by atoms with van der Waals surface area (Å²) in [5.74, 6) is 0.741. The smallest absolute Gasteiger partial charge is 0.207 e. The monoisotopic (exact) mass is 271 g/mol. The lowest BCUT2D eigenvalue weighted by Crippen LogP contribution is -2.34. The number of H-pyrrole nitrogens is 1. The van der Waals surface area contributed by atoms with Gasteiger partial charge >= 0.3 is 0 Å². The minimum Gasteiger partial charge on any atom is -0.344 e. The topological polar surface area (TPSA) is 31.9 Å². The molecule has 1 fully saturated rings. The van der Waals surface area contributed by atoms with Crippen LogP contribution >= 0.6 is 23.6 Å². The Bertz CT molecular complexity index is 390. The summed E-state index contributed by atoms with van der Waals surface area (Å²) in [7, 11) is 0. The molecule has 3 nitrogen and oxygen atoms in total. The summed E-state index contributed by atoms with van der Waals surface area (Å²) in [6.07, 6.45) is 6.56. The van der Waals surface area contributed by atoms with Crippen LogP contribution in [-0.4, -0.2) is 22.8 Å². The number of aromatic nitrogens is 2. The third-order valence-electron chi connectivity index (χ3n) is 3.39. The molecule has 0 amide bonds. The molecule has 0 aromatic carbocycles. The van der Waals surface area contributed by atoms with Gasteiger partial charge < -0.3 is 4.90 Å². The van der Waals surface area contributed by atoms with Crippen LogP contribution in [0.3, 0.4) is 0 Å². The first-order chi connectivity index (χ1) is 8.16. The van der Waals surface area contributed by atoms with Crippen molar-refractivity contribution in [3.63, 3.8) is 0 Å². The van der Waals surface area contributed by atoms with Gasteiger partial charge in [-0.1, -0.05) is 38.0 Å². The predicted octanol–water partition coefficient (Wildman–Crippen LogP) is 4.00.